The maximum absolute atomic E-state index is 11.1. The van der Waals surface area contributed by atoms with Crippen molar-refractivity contribution in [2.45, 2.75) is 13.3 Å². The molecule has 0 fully saturated rings. The van der Waals surface area contributed by atoms with Crippen molar-refractivity contribution in [2.75, 3.05) is 0 Å². The van der Waals surface area contributed by atoms with E-state index in [1.165, 1.54) is 12.3 Å². The van der Waals surface area contributed by atoms with Gasteiger partial charge in [0, 0.05) is 12.5 Å². The fourth-order valence-corrected chi connectivity index (χ4v) is 1.86. The highest BCUT2D eigenvalue weighted by atomic mass is 16.4. The zero-order valence-corrected chi connectivity index (χ0v) is 11.4. The molecule has 0 saturated carbocycles. The quantitative estimate of drug-likeness (QED) is 0.501. The van der Waals surface area contributed by atoms with Crippen LogP contribution in [0.1, 0.15) is 22.5 Å². The number of carboxylic acid groups (broad SMARTS) is 1. The molecule has 0 aliphatic rings. The number of aryl methyl sites for hydroxylation is 1. The third-order valence-electron chi connectivity index (χ3n) is 2.99. The normalized spacial score (nSPS) is 11.4. The minimum absolute atomic E-state index is 0.310. The van der Waals surface area contributed by atoms with Crippen LogP contribution in [0.2, 0.25) is 0 Å². The topological polar surface area (TPSA) is 87.7 Å². The number of carbonyl (C=O) groups excluding carboxylic acids is 1. The summed E-state index contributed by atoms with van der Waals surface area (Å²) in [7, 11) is 0. The van der Waals surface area contributed by atoms with Gasteiger partial charge in [-0.05, 0) is 18.6 Å². The predicted octanol–water partition coefficient (Wildman–Crippen LogP) is 2.73. The van der Waals surface area contributed by atoms with Gasteiger partial charge in [0.2, 0.25) is 0 Å². The number of aliphatic hydroxyl groups excluding tert-OH is 1. The van der Waals surface area contributed by atoms with E-state index in [2.05, 4.69) is 0 Å². The Morgan fingerprint density at radius 2 is 1.81 bits per heavy atom. The second kappa shape index (κ2) is 6.09. The highest BCUT2D eigenvalue weighted by Gasteiger charge is 2.15. The lowest BCUT2D eigenvalue weighted by Crippen LogP contribution is -2.09. The molecule has 0 radical (unpaired) electrons. The van der Waals surface area contributed by atoms with E-state index < -0.39 is 17.5 Å². The first kappa shape index (κ1) is 14.6. The van der Waals surface area contributed by atoms with Crippen LogP contribution in [-0.2, 0) is 16.0 Å². The third-order valence-corrected chi connectivity index (χ3v) is 2.99. The van der Waals surface area contributed by atoms with Gasteiger partial charge in [-0.15, -0.1) is 0 Å². The molecule has 21 heavy (non-hydrogen) atoms. The molecule has 108 valence electrons. The van der Waals surface area contributed by atoms with Crippen molar-refractivity contribution in [2.24, 2.45) is 0 Å². The monoisotopic (exact) mass is 286 g/mol. The molecular weight excluding hydrogens is 272 g/mol. The molecule has 1 aromatic carbocycles. The number of furan rings is 1. The number of hydrogen-bond acceptors (Lipinski definition) is 4. The molecule has 1 heterocycles. The Morgan fingerprint density at radius 1 is 1.14 bits per heavy atom. The predicted molar refractivity (Wildman–Crippen MR) is 75.9 cm³/mol. The lowest BCUT2D eigenvalue weighted by molar-refractivity contribution is -0.146. The van der Waals surface area contributed by atoms with E-state index >= 15 is 0 Å². The van der Waals surface area contributed by atoms with E-state index in [0.29, 0.717) is 23.8 Å². The Labute approximate surface area is 121 Å². The molecule has 0 amide bonds. The van der Waals surface area contributed by atoms with Crippen LogP contribution in [0.5, 0.6) is 0 Å². The zero-order chi connectivity index (χ0) is 15.4. The Kier molecular flexibility index (Phi) is 4.23. The first-order valence-corrected chi connectivity index (χ1v) is 6.27. The molecule has 0 saturated heterocycles. The second-order valence-corrected chi connectivity index (χ2v) is 4.62. The highest BCUT2D eigenvalue weighted by Crippen LogP contribution is 2.21. The van der Waals surface area contributed by atoms with E-state index in [0.717, 1.165) is 11.1 Å². The average molecular weight is 286 g/mol. The molecule has 0 aliphatic heterocycles. The zero-order valence-electron chi connectivity index (χ0n) is 11.4. The van der Waals surface area contributed by atoms with Crippen molar-refractivity contribution in [3.05, 3.63) is 65.1 Å². The molecule has 0 aliphatic carbocycles. The van der Waals surface area contributed by atoms with Crippen LogP contribution >= 0.6 is 0 Å². The fourth-order valence-electron chi connectivity index (χ4n) is 1.86. The molecule has 1 aromatic heterocycles. The molecule has 2 N–H and O–H groups in total. The third kappa shape index (κ3) is 3.60. The van der Waals surface area contributed by atoms with Crippen molar-refractivity contribution < 1.29 is 24.2 Å². The summed E-state index contributed by atoms with van der Waals surface area (Å²) in [5.74, 6) is -2.76. The molecule has 0 unspecified atom stereocenters. The number of ketones is 1. The summed E-state index contributed by atoms with van der Waals surface area (Å²) in [6, 6.07) is 9.28. The summed E-state index contributed by atoms with van der Waals surface area (Å²) >= 11 is 0. The van der Waals surface area contributed by atoms with Gasteiger partial charge >= 0.3 is 5.97 Å². The molecule has 2 aromatic rings. The van der Waals surface area contributed by atoms with Crippen LogP contribution < -0.4 is 0 Å². The lowest BCUT2D eigenvalue weighted by atomic mass is 10.0. The van der Waals surface area contributed by atoms with E-state index in [4.69, 9.17) is 9.52 Å². The maximum atomic E-state index is 11.1. The molecule has 0 spiro atoms. The van der Waals surface area contributed by atoms with Gasteiger partial charge in [-0.3, -0.25) is 4.79 Å². The number of rotatable bonds is 5. The summed E-state index contributed by atoms with van der Waals surface area (Å²) in [5, 5.41) is 18.4. The number of aliphatic hydroxyl groups is 1. The van der Waals surface area contributed by atoms with Gasteiger partial charge < -0.3 is 14.6 Å². The van der Waals surface area contributed by atoms with Crippen molar-refractivity contribution in [3.8, 4) is 0 Å². The summed E-state index contributed by atoms with van der Waals surface area (Å²) in [6.45, 7) is 1.98. The van der Waals surface area contributed by atoms with Gasteiger partial charge in [-0.2, -0.15) is 0 Å². The minimum atomic E-state index is -1.62. The number of benzene rings is 1. The number of hydrogen-bond donors (Lipinski definition) is 2. The fraction of sp³-hybridized carbons (Fsp3) is 0.125. The van der Waals surface area contributed by atoms with Gasteiger partial charge in [0.1, 0.15) is 11.5 Å². The van der Waals surface area contributed by atoms with E-state index in [-0.39, 0.29) is 0 Å². The van der Waals surface area contributed by atoms with Gasteiger partial charge in [-0.1, -0.05) is 29.8 Å². The first-order valence-electron chi connectivity index (χ1n) is 6.27. The van der Waals surface area contributed by atoms with Crippen molar-refractivity contribution in [3.63, 3.8) is 0 Å². The molecule has 5 nitrogen and oxygen atoms in total. The SMILES string of the molecule is Cc1ccc(Cc2occc2C(O)=CC(=O)C(=O)O)cc1. The number of carboxylic acids is 1. The van der Waals surface area contributed by atoms with Gasteiger partial charge in [0.15, 0.2) is 0 Å². The maximum Gasteiger partial charge on any atom is 0.376 e. The average Bonchev–Trinajstić information content (AvgIpc) is 2.89. The summed E-state index contributed by atoms with van der Waals surface area (Å²) in [5.41, 5.74) is 2.42. The lowest BCUT2D eigenvalue weighted by Gasteiger charge is -2.03. The van der Waals surface area contributed by atoms with E-state index in [1.807, 2.05) is 31.2 Å². The Hall–Kier alpha value is -2.82. The highest BCUT2D eigenvalue weighted by molar-refractivity contribution is 6.38. The molecule has 2 rings (SSSR count). The van der Waals surface area contributed by atoms with E-state index in [1.54, 1.807) is 0 Å². The van der Waals surface area contributed by atoms with Crippen molar-refractivity contribution in [1.82, 2.24) is 0 Å². The number of aliphatic carboxylic acids is 1. The molecule has 0 atom stereocenters. The van der Waals surface area contributed by atoms with Crippen LogP contribution in [0.3, 0.4) is 0 Å². The Bertz CT molecular complexity index is 692. The van der Waals surface area contributed by atoms with Gasteiger partial charge in [0.05, 0.1) is 11.8 Å². The minimum Gasteiger partial charge on any atom is -0.507 e. The second-order valence-electron chi connectivity index (χ2n) is 4.62. The van der Waals surface area contributed by atoms with Gasteiger partial charge in [-0.25, -0.2) is 4.79 Å². The largest absolute Gasteiger partial charge is 0.507 e. The van der Waals surface area contributed by atoms with Crippen LogP contribution in [0.25, 0.3) is 5.76 Å². The smallest absolute Gasteiger partial charge is 0.376 e. The number of carbonyl (C=O) groups is 2. The Balaban J connectivity index is 2.24. The molecule has 5 heteroatoms. The summed E-state index contributed by atoms with van der Waals surface area (Å²) in [6.07, 6.45) is 2.49. The van der Waals surface area contributed by atoms with Crippen molar-refractivity contribution in [1.29, 1.82) is 0 Å². The van der Waals surface area contributed by atoms with Crippen LogP contribution in [-0.4, -0.2) is 22.0 Å². The summed E-state index contributed by atoms with van der Waals surface area (Å²) < 4.78 is 5.30. The van der Waals surface area contributed by atoms with E-state index in [9.17, 15) is 14.7 Å². The van der Waals surface area contributed by atoms with Crippen LogP contribution in [0, 0.1) is 6.92 Å². The molecular formula is C16H14O5. The van der Waals surface area contributed by atoms with Crippen molar-refractivity contribution >= 4 is 17.5 Å². The standard InChI is InChI=1S/C16H14O5/c1-10-2-4-11(5-3-10)8-15-12(6-7-21-15)13(17)9-14(18)16(19)20/h2-7,9,17H,8H2,1H3,(H,19,20). The Morgan fingerprint density at radius 3 is 2.43 bits per heavy atom. The first-order chi connectivity index (χ1) is 9.97. The van der Waals surface area contributed by atoms with Crippen LogP contribution in [0.4, 0.5) is 0 Å². The van der Waals surface area contributed by atoms with Crippen LogP contribution in [0.15, 0.2) is 47.1 Å². The molecule has 0 bridgehead atoms. The summed E-state index contributed by atoms with van der Waals surface area (Å²) in [4.78, 5) is 21.6. The van der Waals surface area contributed by atoms with Gasteiger partial charge in [0.25, 0.3) is 5.78 Å².